The van der Waals surface area contributed by atoms with Gasteiger partial charge in [0.25, 0.3) is 0 Å². The summed E-state index contributed by atoms with van der Waals surface area (Å²) < 4.78 is 0. The molecule has 0 aromatic heterocycles. The quantitative estimate of drug-likeness (QED) is 0.386. The monoisotopic (exact) mass is 166 g/mol. The van der Waals surface area contributed by atoms with Crippen LogP contribution in [0, 0.1) is 0 Å². The Morgan fingerprint density at radius 2 is 2.00 bits per heavy atom. The minimum atomic E-state index is 1.07. The molecule has 70 valence electrons. The summed E-state index contributed by atoms with van der Waals surface area (Å²) in [5.41, 5.74) is 1.54. The first-order chi connectivity index (χ1) is 5.85. The van der Waals surface area contributed by atoms with E-state index in [4.69, 9.17) is 0 Å². The number of hydrogen-bond acceptors (Lipinski definition) is 0. The van der Waals surface area contributed by atoms with Gasteiger partial charge >= 0.3 is 0 Å². The standard InChI is InChI=1S/C12H22/c1-4-7-8-9-11-12(6-3)10-5-2/h5-6H,2,4,7-11H2,1,3H3/b12-6+. The van der Waals surface area contributed by atoms with Gasteiger partial charge in [0.05, 0.1) is 0 Å². The Hall–Kier alpha value is -0.520. The van der Waals surface area contributed by atoms with E-state index in [9.17, 15) is 0 Å². The van der Waals surface area contributed by atoms with Gasteiger partial charge in [0.15, 0.2) is 0 Å². The Morgan fingerprint density at radius 1 is 1.25 bits per heavy atom. The van der Waals surface area contributed by atoms with Crippen molar-refractivity contribution in [1.29, 1.82) is 0 Å². The van der Waals surface area contributed by atoms with Crippen LogP contribution in [0.15, 0.2) is 24.3 Å². The molecule has 0 spiro atoms. The first-order valence-electron chi connectivity index (χ1n) is 5.10. The minimum absolute atomic E-state index is 1.07. The third-order valence-corrected chi connectivity index (χ3v) is 2.17. The second-order valence-electron chi connectivity index (χ2n) is 3.25. The van der Waals surface area contributed by atoms with Crippen LogP contribution in [0.1, 0.15) is 52.4 Å². The Bertz CT molecular complexity index is 131. The minimum Gasteiger partial charge on any atom is -0.103 e. The summed E-state index contributed by atoms with van der Waals surface area (Å²) in [5.74, 6) is 0. The van der Waals surface area contributed by atoms with E-state index in [1.165, 1.54) is 32.1 Å². The fraction of sp³-hybridized carbons (Fsp3) is 0.667. The van der Waals surface area contributed by atoms with Crippen molar-refractivity contribution in [3.8, 4) is 0 Å². The number of hydrogen-bond donors (Lipinski definition) is 0. The zero-order valence-corrected chi connectivity index (χ0v) is 8.60. The van der Waals surface area contributed by atoms with E-state index in [0.717, 1.165) is 6.42 Å². The van der Waals surface area contributed by atoms with Crippen LogP contribution >= 0.6 is 0 Å². The zero-order valence-electron chi connectivity index (χ0n) is 8.60. The second-order valence-corrected chi connectivity index (χ2v) is 3.25. The molecule has 0 N–H and O–H groups in total. The van der Waals surface area contributed by atoms with Crippen molar-refractivity contribution in [3.05, 3.63) is 24.3 Å². The Kier molecular flexibility index (Phi) is 8.20. The summed E-state index contributed by atoms with van der Waals surface area (Å²) in [6.45, 7) is 8.13. The lowest BCUT2D eigenvalue weighted by Gasteiger charge is -2.02. The fourth-order valence-electron chi connectivity index (χ4n) is 1.33. The Morgan fingerprint density at radius 3 is 2.50 bits per heavy atom. The second kappa shape index (κ2) is 8.58. The average molecular weight is 166 g/mol. The molecule has 0 atom stereocenters. The summed E-state index contributed by atoms with van der Waals surface area (Å²) in [7, 11) is 0. The summed E-state index contributed by atoms with van der Waals surface area (Å²) in [4.78, 5) is 0. The highest BCUT2D eigenvalue weighted by Crippen LogP contribution is 2.13. The molecular weight excluding hydrogens is 144 g/mol. The van der Waals surface area contributed by atoms with Crippen LogP contribution in [-0.4, -0.2) is 0 Å². The zero-order chi connectivity index (χ0) is 9.23. The molecule has 0 radical (unpaired) electrons. The molecule has 0 rings (SSSR count). The maximum Gasteiger partial charge on any atom is -0.0142 e. The molecule has 0 heteroatoms. The molecule has 0 aromatic rings. The molecule has 0 bridgehead atoms. The third-order valence-electron chi connectivity index (χ3n) is 2.17. The fourth-order valence-corrected chi connectivity index (χ4v) is 1.33. The number of allylic oxidation sites excluding steroid dienone is 3. The summed E-state index contributed by atoms with van der Waals surface area (Å²) in [5, 5.41) is 0. The smallest absolute Gasteiger partial charge is 0.0142 e. The molecule has 0 saturated heterocycles. The van der Waals surface area contributed by atoms with E-state index in [1.54, 1.807) is 5.57 Å². The van der Waals surface area contributed by atoms with Crippen LogP contribution in [0.25, 0.3) is 0 Å². The maximum atomic E-state index is 3.75. The predicted molar refractivity (Wildman–Crippen MR) is 57.3 cm³/mol. The molecule has 0 heterocycles. The van der Waals surface area contributed by atoms with Crippen molar-refractivity contribution in [2.75, 3.05) is 0 Å². The molecule has 0 fully saturated rings. The molecular formula is C12H22. The number of rotatable bonds is 7. The lowest BCUT2D eigenvalue weighted by atomic mass is 10.0. The molecule has 0 unspecified atom stereocenters. The lowest BCUT2D eigenvalue weighted by molar-refractivity contribution is 0.660. The maximum absolute atomic E-state index is 3.75. The van der Waals surface area contributed by atoms with E-state index >= 15 is 0 Å². The van der Waals surface area contributed by atoms with Crippen LogP contribution in [-0.2, 0) is 0 Å². The van der Waals surface area contributed by atoms with Gasteiger partial charge in [0, 0.05) is 0 Å². The summed E-state index contributed by atoms with van der Waals surface area (Å²) in [6, 6.07) is 0. The van der Waals surface area contributed by atoms with Gasteiger partial charge in [-0.25, -0.2) is 0 Å². The molecule has 0 aromatic carbocycles. The van der Waals surface area contributed by atoms with Crippen LogP contribution < -0.4 is 0 Å². The van der Waals surface area contributed by atoms with E-state index in [2.05, 4.69) is 26.5 Å². The summed E-state index contributed by atoms with van der Waals surface area (Å²) in [6.07, 6.45) is 12.0. The van der Waals surface area contributed by atoms with Gasteiger partial charge in [0.2, 0.25) is 0 Å². The molecule has 0 aliphatic carbocycles. The SMILES string of the molecule is C=CC/C(=C\C)CCCCCC. The van der Waals surface area contributed by atoms with Crippen LogP contribution in [0.2, 0.25) is 0 Å². The van der Waals surface area contributed by atoms with Gasteiger partial charge in [-0.2, -0.15) is 0 Å². The van der Waals surface area contributed by atoms with E-state index in [0.29, 0.717) is 0 Å². The highest BCUT2D eigenvalue weighted by Gasteiger charge is 1.93. The highest BCUT2D eigenvalue weighted by atomic mass is 14.0. The van der Waals surface area contributed by atoms with Gasteiger partial charge in [-0.1, -0.05) is 43.9 Å². The summed E-state index contributed by atoms with van der Waals surface area (Å²) >= 11 is 0. The normalized spacial score (nSPS) is 11.7. The predicted octanol–water partition coefficient (Wildman–Crippen LogP) is 4.48. The van der Waals surface area contributed by atoms with Gasteiger partial charge in [-0.3, -0.25) is 0 Å². The first kappa shape index (κ1) is 11.5. The molecule has 0 amide bonds. The van der Waals surface area contributed by atoms with Gasteiger partial charge in [-0.05, 0) is 26.2 Å². The van der Waals surface area contributed by atoms with Gasteiger partial charge in [0.1, 0.15) is 0 Å². The average Bonchev–Trinajstić information content (AvgIpc) is 2.10. The van der Waals surface area contributed by atoms with E-state index < -0.39 is 0 Å². The largest absolute Gasteiger partial charge is 0.103 e. The molecule has 0 saturated carbocycles. The van der Waals surface area contributed by atoms with Crippen molar-refractivity contribution in [1.82, 2.24) is 0 Å². The first-order valence-corrected chi connectivity index (χ1v) is 5.10. The van der Waals surface area contributed by atoms with Crippen LogP contribution in [0.5, 0.6) is 0 Å². The molecule has 0 nitrogen and oxygen atoms in total. The molecule has 0 aliphatic heterocycles. The van der Waals surface area contributed by atoms with Crippen molar-refractivity contribution >= 4 is 0 Å². The highest BCUT2D eigenvalue weighted by molar-refractivity contribution is 5.04. The number of unbranched alkanes of at least 4 members (excludes halogenated alkanes) is 3. The van der Waals surface area contributed by atoms with Gasteiger partial charge < -0.3 is 0 Å². The van der Waals surface area contributed by atoms with Crippen molar-refractivity contribution < 1.29 is 0 Å². The molecule has 0 aliphatic rings. The Labute approximate surface area is 77.4 Å². The van der Waals surface area contributed by atoms with Crippen molar-refractivity contribution in [3.63, 3.8) is 0 Å². The van der Waals surface area contributed by atoms with Crippen molar-refractivity contribution in [2.24, 2.45) is 0 Å². The molecule has 12 heavy (non-hydrogen) atoms. The van der Waals surface area contributed by atoms with E-state index in [1.807, 2.05) is 6.08 Å². The topological polar surface area (TPSA) is 0 Å². The van der Waals surface area contributed by atoms with Crippen LogP contribution in [0.3, 0.4) is 0 Å². The van der Waals surface area contributed by atoms with Crippen LogP contribution in [0.4, 0.5) is 0 Å². The van der Waals surface area contributed by atoms with Gasteiger partial charge in [-0.15, -0.1) is 6.58 Å². The van der Waals surface area contributed by atoms with E-state index in [-0.39, 0.29) is 0 Å². The lowest BCUT2D eigenvalue weighted by Crippen LogP contribution is -1.82. The third kappa shape index (κ3) is 6.21. The Balaban J connectivity index is 3.39. The van der Waals surface area contributed by atoms with Crippen molar-refractivity contribution in [2.45, 2.75) is 52.4 Å².